The van der Waals surface area contributed by atoms with Crippen LogP contribution >= 0.6 is 0 Å². The quantitative estimate of drug-likeness (QED) is 0.760. The van der Waals surface area contributed by atoms with E-state index >= 15 is 0 Å². The SMILES string of the molecule is CCN1CCN(CC2CCN(CCNC)CC2)CC1. The maximum atomic E-state index is 3.25. The summed E-state index contributed by atoms with van der Waals surface area (Å²) in [6, 6.07) is 0. The summed E-state index contributed by atoms with van der Waals surface area (Å²) < 4.78 is 0. The highest BCUT2D eigenvalue weighted by atomic mass is 15.3. The second-order valence-electron chi connectivity index (χ2n) is 6.12. The lowest BCUT2D eigenvalue weighted by molar-refractivity contribution is 0.0979. The number of piperazine rings is 1. The van der Waals surface area contributed by atoms with Gasteiger partial charge in [0.05, 0.1) is 0 Å². The van der Waals surface area contributed by atoms with Gasteiger partial charge in [-0.3, -0.25) is 0 Å². The van der Waals surface area contributed by atoms with Crippen LogP contribution in [0.25, 0.3) is 0 Å². The Hall–Kier alpha value is -0.160. The van der Waals surface area contributed by atoms with Crippen molar-refractivity contribution < 1.29 is 0 Å². The van der Waals surface area contributed by atoms with Crippen LogP contribution in [0.2, 0.25) is 0 Å². The minimum absolute atomic E-state index is 0.944. The fraction of sp³-hybridized carbons (Fsp3) is 1.00. The van der Waals surface area contributed by atoms with E-state index in [4.69, 9.17) is 0 Å². The Labute approximate surface area is 119 Å². The van der Waals surface area contributed by atoms with Crippen LogP contribution in [0.3, 0.4) is 0 Å². The molecule has 2 heterocycles. The summed E-state index contributed by atoms with van der Waals surface area (Å²) in [4.78, 5) is 7.87. The third kappa shape index (κ3) is 5.03. The molecule has 2 rings (SSSR count). The predicted octanol–water partition coefficient (Wildman–Crippen LogP) is 0.555. The van der Waals surface area contributed by atoms with E-state index in [1.54, 1.807) is 0 Å². The Morgan fingerprint density at radius 3 is 2.11 bits per heavy atom. The molecule has 0 spiro atoms. The van der Waals surface area contributed by atoms with Gasteiger partial charge in [-0.05, 0) is 45.4 Å². The highest BCUT2D eigenvalue weighted by Crippen LogP contribution is 2.18. The van der Waals surface area contributed by atoms with E-state index in [0.29, 0.717) is 0 Å². The second-order valence-corrected chi connectivity index (χ2v) is 6.12. The van der Waals surface area contributed by atoms with Crippen molar-refractivity contribution in [3.05, 3.63) is 0 Å². The lowest BCUT2D eigenvalue weighted by Crippen LogP contribution is -2.48. The van der Waals surface area contributed by atoms with Gasteiger partial charge in [-0.25, -0.2) is 0 Å². The highest BCUT2D eigenvalue weighted by Gasteiger charge is 2.23. The average Bonchev–Trinajstić information content (AvgIpc) is 2.47. The van der Waals surface area contributed by atoms with Gasteiger partial charge >= 0.3 is 0 Å². The molecule has 2 aliphatic heterocycles. The standard InChI is InChI=1S/C15H32N4/c1-3-17-10-12-19(13-11-17)14-15-4-7-18(8-5-15)9-6-16-2/h15-16H,3-14H2,1-2H3. The summed E-state index contributed by atoms with van der Waals surface area (Å²) in [5, 5.41) is 3.25. The Morgan fingerprint density at radius 2 is 1.53 bits per heavy atom. The average molecular weight is 268 g/mol. The second kappa shape index (κ2) is 8.20. The number of likely N-dealkylation sites (tertiary alicyclic amines) is 1. The minimum atomic E-state index is 0.944. The van der Waals surface area contributed by atoms with Crippen LogP contribution in [0, 0.1) is 5.92 Å². The maximum Gasteiger partial charge on any atom is 0.0110 e. The molecule has 1 N–H and O–H groups in total. The lowest BCUT2D eigenvalue weighted by Gasteiger charge is -2.38. The van der Waals surface area contributed by atoms with Crippen LogP contribution in [-0.4, -0.2) is 87.2 Å². The zero-order valence-electron chi connectivity index (χ0n) is 12.9. The summed E-state index contributed by atoms with van der Waals surface area (Å²) in [7, 11) is 2.04. The first-order chi connectivity index (χ1) is 9.31. The van der Waals surface area contributed by atoms with Crippen LogP contribution in [0.4, 0.5) is 0 Å². The molecule has 0 aromatic rings. The molecule has 19 heavy (non-hydrogen) atoms. The van der Waals surface area contributed by atoms with E-state index in [0.717, 1.165) is 12.5 Å². The van der Waals surface area contributed by atoms with Crippen molar-refractivity contribution in [2.45, 2.75) is 19.8 Å². The van der Waals surface area contributed by atoms with Gasteiger partial charge in [0.1, 0.15) is 0 Å². The summed E-state index contributed by atoms with van der Waals surface area (Å²) in [6.07, 6.45) is 2.80. The normalized spacial score (nSPS) is 24.9. The van der Waals surface area contributed by atoms with Gasteiger partial charge < -0.3 is 20.0 Å². The summed E-state index contributed by atoms with van der Waals surface area (Å²) >= 11 is 0. The molecule has 2 fully saturated rings. The van der Waals surface area contributed by atoms with Crippen molar-refractivity contribution in [3.8, 4) is 0 Å². The zero-order chi connectivity index (χ0) is 13.5. The number of rotatable bonds is 6. The van der Waals surface area contributed by atoms with Crippen molar-refractivity contribution in [1.82, 2.24) is 20.0 Å². The van der Waals surface area contributed by atoms with Gasteiger partial charge in [0.15, 0.2) is 0 Å². The minimum Gasteiger partial charge on any atom is -0.318 e. The van der Waals surface area contributed by atoms with Gasteiger partial charge in [0, 0.05) is 45.8 Å². The summed E-state index contributed by atoms with van der Waals surface area (Å²) in [5.41, 5.74) is 0. The highest BCUT2D eigenvalue weighted by molar-refractivity contribution is 4.78. The Morgan fingerprint density at radius 1 is 0.895 bits per heavy atom. The summed E-state index contributed by atoms with van der Waals surface area (Å²) in [6.45, 7) is 14.9. The molecule has 2 saturated heterocycles. The van der Waals surface area contributed by atoms with Gasteiger partial charge in [-0.2, -0.15) is 0 Å². The number of nitrogens with zero attached hydrogens (tertiary/aromatic N) is 3. The fourth-order valence-electron chi connectivity index (χ4n) is 3.32. The number of likely N-dealkylation sites (N-methyl/N-ethyl adjacent to an activating group) is 2. The molecule has 4 nitrogen and oxygen atoms in total. The third-order valence-electron chi connectivity index (χ3n) is 4.81. The number of nitrogens with one attached hydrogen (secondary N) is 1. The van der Waals surface area contributed by atoms with E-state index < -0.39 is 0 Å². The first-order valence-corrected chi connectivity index (χ1v) is 8.13. The van der Waals surface area contributed by atoms with Gasteiger partial charge in [0.25, 0.3) is 0 Å². The van der Waals surface area contributed by atoms with Crippen LogP contribution in [0.15, 0.2) is 0 Å². The molecule has 0 bridgehead atoms. The molecular formula is C15H32N4. The van der Waals surface area contributed by atoms with E-state index in [1.807, 2.05) is 7.05 Å². The fourth-order valence-corrected chi connectivity index (χ4v) is 3.32. The Kier molecular flexibility index (Phi) is 6.57. The third-order valence-corrected chi connectivity index (χ3v) is 4.81. The van der Waals surface area contributed by atoms with Crippen LogP contribution < -0.4 is 5.32 Å². The number of piperidine rings is 1. The van der Waals surface area contributed by atoms with E-state index in [-0.39, 0.29) is 0 Å². The van der Waals surface area contributed by atoms with Gasteiger partial charge in [-0.15, -0.1) is 0 Å². The Balaban J connectivity index is 1.60. The molecule has 0 aromatic heterocycles. The van der Waals surface area contributed by atoms with Crippen molar-refractivity contribution in [1.29, 1.82) is 0 Å². The molecule has 0 radical (unpaired) electrons. The molecule has 112 valence electrons. The molecule has 4 heteroatoms. The predicted molar refractivity (Wildman–Crippen MR) is 81.6 cm³/mol. The molecule has 0 unspecified atom stereocenters. The van der Waals surface area contributed by atoms with E-state index in [9.17, 15) is 0 Å². The van der Waals surface area contributed by atoms with Gasteiger partial charge in [-0.1, -0.05) is 6.92 Å². The number of hydrogen-bond donors (Lipinski definition) is 1. The van der Waals surface area contributed by atoms with Crippen LogP contribution in [-0.2, 0) is 0 Å². The van der Waals surface area contributed by atoms with Gasteiger partial charge in [0.2, 0.25) is 0 Å². The largest absolute Gasteiger partial charge is 0.318 e. The van der Waals surface area contributed by atoms with E-state index in [1.165, 1.54) is 71.7 Å². The summed E-state index contributed by atoms with van der Waals surface area (Å²) in [5.74, 6) is 0.944. The van der Waals surface area contributed by atoms with E-state index in [2.05, 4.69) is 26.9 Å². The molecule has 2 aliphatic rings. The molecule has 0 saturated carbocycles. The zero-order valence-corrected chi connectivity index (χ0v) is 12.9. The molecule has 0 aromatic carbocycles. The monoisotopic (exact) mass is 268 g/mol. The lowest BCUT2D eigenvalue weighted by atomic mass is 9.96. The first kappa shape index (κ1) is 15.2. The Bertz CT molecular complexity index is 230. The smallest absolute Gasteiger partial charge is 0.0110 e. The van der Waals surface area contributed by atoms with Crippen LogP contribution in [0.1, 0.15) is 19.8 Å². The molecule has 0 aliphatic carbocycles. The van der Waals surface area contributed by atoms with Crippen LogP contribution in [0.5, 0.6) is 0 Å². The molecule has 0 amide bonds. The van der Waals surface area contributed by atoms with Crippen molar-refractivity contribution >= 4 is 0 Å². The van der Waals surface area contributed by atoms with Crippen molar-refractivity contribution in [2.24, 2.45) is 5.92 Å². The van der Waals surface area contributed by atoms with Crippen molar-refractivity contribution in [2.75, 3.05) is 72.5 Å². The number of hydrogen-bond acceptors (Lipinski definition) is 4. The maximum absolute atomic E-state index is 3.25. The molecule has 0 atom stereocenters. The first-order valence-electron chi connectivity index (χ1n) is 8.13. The molecular weight excluding hydrogens is 236 g/mol. The topological polar surface area (TPSA) is 21.8 Å². The van der Waals surface area contributed by atoms with Crippen molar-refractivity contribution in [3.63, 3.8) is 0 Å².